The van der Waals surface area contributed by atoms with E-state index in [9.17, 15) is 4.79 Å². The van der Waals surface area contributed by atoms with E-state index in [-0.39, 0.29) is 10.6 Å². The Bertz CT molecular complexity index is 406. The van der Waals surface area contributed by atoms with Crippen molar-refractivity contribution in [3.05, 3.63) is 21.6 Å². The minimum Gasteiger partial charge on any atom is -0.381 e. The predicted octanol–water partition coefficient (Wildman–Crippen LogP) is 1.68. The molecular weight excluding hydrogens is 266 g/mol. The Morgan fingerprint density at radius 2 is 2.50 bits per heavy atom. The number of aromatic nitrogens is 2. The molecule has 2 rings (SSSR count). The number of rotatable bonds is 3. The summed E-state index contributed by atoms with van der Waals surface area (Å²) >= 11 is 9.78. The average Bonchev–Trinajstić information content (AvgIpc) is 2.32. The first kappa shape index (κ1) is 12.1. The molecule has 1 aliphatic rings. The summed E-state index contributed by atoms with van der Waals surface area (Å²) < 4.78 is 0. The van der Waals surface area contributed by atoms with Gasteiger partial charge in [-0.15, -0.1) is 0 Å². The second kappa shape index (κ2) is 5.84. The van der Waals surface area contributed by atoms with Crippen molar-refractivity contribution in [1.29, 1.82) is 0 Å². The van der Waals surface area contributed by atoms with Crippen LogP contribution in [0.25, 0.3) is 0 Å². The van der Waals surface area contributed by atoms with Crippen molar-refractivity contribution in [1.82, 2.24) is 10.2 Å². The lowest BCUT2D eigenvalue weighted by Crippen LogP contribution is -2.24. The molecule has 1 fully saturated rings. The second-order valence-electron chi connectivity index (χ2n) is 3.38. The van der Waals surface area contributed by atoms with Gasteiger partial charge in [-0.05, 0) is 0 Å². The Labute approximate surface area is 107 Å². The van der Waals surface area contributed by atoms with Gasteiger partial charge >= 0.3 is 0 Å². The minimum absolute atomic E-state index is 0.184. The van der Waals surface area contributed by atoms with E-state index in [2.05, 4.69) is 15.5 Å². The summed E-state index contributed by atoms with van der Waals surface area (Å²) in [7, 11) is 0. The molecule has 0 amide bonds. The molecule has 1 aromatic rings. The van der Waals surface area contributed by atoms with Gasteiger partial charge in [0.05, 0.1) is 11.9 Å². The normalized spacial score (nSPS) is 20.7. The molecule has 4 nitrogen and oxygen atoms in total. The number of nitrogens with one attached hydrogen (secondary N) is 2. The van der Waals surface area contributed by atoms with Crippen LogP contribution in [0.5, 0.6) is 0 Å². The van der Waals surface area contributed by atoms with Crippen molar-refractivity contribution in [2.45, 2.75) is 5.25 Å². The summed E-state index contributed by atoms with van der Waals surface area (Å²) in [6.07, 6.45) is 1.55. The van der Waals surface area contributed by atoms with E-state index in [1.54, 1.807) is 6.20 Å². The van der Waals surface area contributed by atoms with Gasteiger partial charge in [-0.3, -0.25) is 4.79 Å². The number of nitrogens with zero attached hydrogens (tertiary/aromatic N) is 1. The van der Waals surface area contributed by atoms with Crippen LogP contribution in [0.15, 0.2) is 11.0 Å². The van der Waals surface area contributed by atoms with E-state index in [1.165, 1.54) is 11.5 Å². The first-order valence-electron chi connectivity index (χ1n) is 4.94. The second-order valence-corrected chi connectivity index (χ2v) is 6.31. The van der Waals surface area contributed by atoms with Gasteiger partial charge in [0.1, 0.15) is 5.02 Å². The summed E-state index contributed by atoms with van der Waals surface area (Å²) in [5.74, 6) is 3.57. The largest absolute Gasteiger partial charge is 0.381 e. The van der Waals surface area contributed by atoms with E-state index >= 15 is 0 Å². The number of thioether (sulfide) groups is 2. The van der Waals surface area contributed by atoms with Crippen molar-refractivity contribution in [3.8, 4) is 0 Å². The van der Waals surface area contributed by atoms with Crippen molar-refractivity contribution in [2.24, 2.45) is 0 Å². The van der Waals surface area contributed by atoms with Gasteiger partial charge in [0, 0.05) is 29.1 Å². The van der Waals surface area contributed by atoms with Gasteiger partial charge < -0.3 is 5.32 Å². The van der Waals surface area contributed by atoms with Gasteiger partial charge in [-0.2, -0.15) is 28.6 Å². The van der Waals surface area contributed by atoms with Crippen LogP contribution in [0.3, 0.4) is 0 Å². The van der Waals surface area contributed by atoms with Gasteiger partial charge in [0.15, 0.2) is 0 Å². The quantitative estimate of drug-likeness (QED) is 0.880. The molecule has 88 valence electrons. The summed E-state index contributed by atoms with van der Waals surface area (Å²) in [6.45, 7) is 0.822. The van der Waals surface area contributed by atoms with Crippen LogP contribution in [-0.4, -0.2) is 39.3 Å². The molecule has 0 aromatic carbocycles. The number of aromatic amines is 1. The monoisotopic (exact) mass is 277 g/mol. The smallest absolute Gasteiger partial charge is 0.285 e. The Morgan fingerprint density at radius 3 is 3.25 bits per heavy atom. The van der Waals surface area contributed by atoms with Crippen LogP contribution < -0.4 is 10.9 Å². The fourth-order valence-corrected chi connectivity index (χ4v) is 4.15. The zero-order valence-electron chi connectivity index (χ0n) is 8.53. The van der Waals surface area contributed by atoms with Gasteiger partial charge in [0.25, 0.3) is 5.56 Å². The molecule has 0 radical (unpaired) electrons. The molecule has 1 saturated heterocycles. The first-order chi connectivity index (χ1) is 7.77. The Kier molecular flexibility index (Phi) is 4.43. The molecule has 2 N–H and O–H groups in total. The number of hydrogen-bond acceptors (Lipinski definition) is 5. The van der Waals surface area contributed by atoms with E-state index < -0.39 is 0 Å². The van der Waals surface area contributed by atoms with Crippen molar-refractivity contribution in [2.75, 3.05) is 29.1 Å². The van der Waals surface area contributed by atoms with E-state index in [0.717, 1.165) is 12.3 Å². The molecule has 7 heteroatoms. The molecule has 1 atom stereocenters. The summed E-state index contributed by atoms with van der Waals surface area (Å²) in [6, 6.07) is 0. The van der Waals surface area contributed by atoms with Crippen molar-refractivity contribution in [3.63, 3.8) is 0 Å². The highest BCUT2D eigenvalue weighted by molar-refractivity contribution is 8.06. The molecule has 0 bridgehead atoms. The lowest BCUT2D eigenvalue weighted by Gasteiger charge is -2.21. The third kappa shape index (κ3) is 3.09. The third-order valence-corrected chi connectivity index (χ3v) is 5.42. The Hall–Kier alpha value is -0.330. The predicted molar refractivity (Wildman–Crippen MR) is 71.9 cm³/mol. The first-order valence-corrected chi connectivity index (χ1v) is 7.52. The molecule has 0 spiro atoms. The Morgan fingerprint density at radius 1 is 1.62 bits per heavy atom. The topological polar surface area (TPSA) is 57.8 Å². The average molecular weight is 278 g/mol. The summed E-state index contributed by atoms with van der Waals surface area (Å²) in [5.41, 5.74) is 0.263. The molecule has 16 heavy (non-hydrogen) atoms. The van der Waals surface area contributed by atoms with Crippen LogP contribution in [0.4, 0.5) is 5.69 Å². The summed E-state index contributed by atoms with van der Waals surface area (Å²) in [5, 5.41) is 9.94. The Balaban J connectivity index is 1.93. The maximum absolute atomic E-state index is 11.2. The molecule has 2 heterocycles. The number of H-pyrrole nitrogens is 1. The fourth-order valence-electron chi connectivity index (χ4n) is 1.39. The van der Waals surface area contributed by atoms with Gasteiger partial charge in [-0.1, -0.05) is 11.6 Å². The minimum atomic E-state index is -0.350. The SMILES string of the molecule is O=c1[nH]ncc(NC[C@H]2CSCCS2)c1Cl. The summed E-state index contributed by atoms with van der Waals surface area (Å²) in [4.78, 5) is 11.2. The van der Waals surface area contributed by atoms with Gasteiger partial charge in [0.2, 0.25) is 0 Å². The van der Waals surface area contributed by atoms with Crippen LogP contribution in [0.2, 0.25) is 5.02 Å². The third-order valence-electron chi connectivity index (χ3n) is 2.20. The van der Waals surface area contributed by atoms with E-state index in [4.69, 9.17) is 11.6 Å². The highest BCUT2D eigenvalue weighted by atomic mass is 35.5. The highest BCUT2D eigenvalue weighted by Gasteiger charge is 2.14. The molecule has 0 saturated carbocycles. The zero-order chi connectivity index (χ0) is 11.4. The fraction of sp³-hybridized carbons (Fsp3) is 0.556. The molecular formula is C9H12ClN3OS2. The maximum Gasteiger partial charge on any atom is 0.285 e. The maximum atomic E-state index is 11.2. The van der Waals surface area contributed by atoms with Crippen molar-refractivity contribution >= 4 is 40.8 Å². The van der Waals surface area contributed by atoms with E-state index in [1.807, 2.05) is 23.5 Å². The van der Waals surface area contributed by atoms with E-state index in [0.29, 0.717) is 10.9 Å². The number of anilines is 1. The zero-order valence-corrected chi connectivity index (χ0v) is 10.9. The van der Waals surface area contributed by atoms with Crippen LogP contribution in [-0.2, 0) is 0 Å². The molecule has 0 unspecified atom stereocenters. The number of hydrogen-bond donors (Lipinski definition) is 2. The van der Waals surface area contributed by atoms with Gasteiger partial charge in [-0.25, -0.2) is 5.10 Å². The standard InChI is InChI=1S/C9H12ClN3OS2/c10-8-7(4-12-13-9(8)14)11-3-6-5-15-1-2-16-6/h4,6H,1-3,5H2,(H2,11,13,14)/t6-/m0/s1. The van der Waals surface area contributed by atoms with Crippen LogP contribution >= 0.6 is 35.1 Å². The highest BCUT2D eigenvalue weighted by Crippen LogP contribution is 2.24. The van der Waals surface area contributed by atoms with Crippen LogP contribution in [0.1, 0.15) is 0 Å². The number of halogens is 1. The van der Waals surface area contributed by atoms with Crippen LogP contribution in [0, 0.1) is 0 Å². The molecule has 0 aliphatic carbocycles. The molecule has 1 aliphatic heterocycles. The lowest BCUT2D eigenvalue weighted by molar-refractivity contribution is 0.964. The lowest BCUT2D eigenvalue weighted by atomic mass is 10.4. The van der Waals surface area contributed by atoms with Crippen molar-refractivity contribution < 1.29 is 0 Å². The molecule has 1 aromatic heterocycles.